The van der Waals surface area contributed by atoms with Gasteiger partial charge < -0.3 is 14.8 Å². The molecule has 8 heteroatoms. The molecule has 29 heavy (non-hydrogen) atoms. The quantitative estimate of drug-likeness (QED) is 0.451. The minimum absolute atomic E-state index is 0.467. The SMILES string of the molecule is C=CCn1nnnc1NCc1cc(Br)c(OCc2cccc(C)c2)c(OCC)c1. The van der Waals surface area contributed by atoms with E-state index in [9.17, 15) is 0 Å². The Labute approximate surface area is 178 Å². The van der Waals surface area contributed by atoms with E-state index in [2.05, 4.69) is 62.4 Å². The molecule has 0 aliphatic carbocycles. The summed E-state index contributed by atoms with van der Waals surface area (Å²) in [6.07, 6.45) is 1.74. The molecule has 0 aliphatic rings. The average Bonchev–Trinajstić information content (AvgIpc) is 3.13. The Kier molecular flexibility index (Phi) is 7.24. The minimum atomic E-state index is 0.467. The van der Waals surface area contributed by atoms with E-state index in [0.717, 1.165) is 15.6 Å². The van der Waals surface area contributed by atoms with Crippen LogP contribution in [0.15, 0.2) is 53.5 Å². The number of aromatic nitrogens is 4. The Hall–Kier alpha value is -2.87. The van der Waals surface area contributed by atoms with Crippen molar-refractivity contribution in [3.8, 4) is 11.5 Å². The van der Waals surface area contributed by atoms with E-state index in [1.165, 1.54) is 5.56 Å². The molecule has 3 aromatic rings. The molecule has 0 fully saturated rings. The molecule has 1 heterocycles. The Bertz CT molecular complexity index is 973. The van der Waals surface area contributed by atoms with Gasteiger partial charge in [-0.1, -0.05) is 41.0 Å². The summed E-state index contributed by atoms with van der Waals surface area (Å²) in [5.41, 5.74) is 3.32. The van der Waals surface area contributed by atoms with Gasteiger partial charge in [0.1, 0.15) is 6.61 Å². The predicted molar refractivity (Wildman–Crippen MR) is 116 cm³/mol. The number of nitrogens with zero attached hydrogens (tertiary/aromatic N) is 4. The van der Waals surface area contributed by atoms with Crippen molar-refractivity contribution in [3.63, 3.8) is 0 Å². The molecule has 0 amide bonds. The fourth-order valence-corrected chi connectivity index (χ4v) is 3.45. The van der Waals surface area contributed by atoms with Crippen molar-refractivity contribution >= 4 is 21.9 Å². The van der Waals surface area contributed by atoms with Crippen molar-refractivity contribution in [1.29, 1.82) is 0 Å². The summed E-state index contributed by atoms with van der Waals surface area (Å²) in [6.45, 7) is 9.81. The van der Waals surface area contributed by atoms with Crippen LogP contribution in [0, 0.1) is 6.92 Å². The van der Waals surface area contributed by atoms with Crippen LogP contribution in [0.5, 0.6) is 11.5 Å². The van der Waals surface area contributed by atoms with Crippen LogP contribution in [-0.4, -0.2) is 26.8 Å². The first kappa shape index (κ1) is 20.9. The summed E-state index contributed by atoms with van der Waals surface area (Å²) >= 11 is 3.62. The molecule has 3 rings (SSSR count). The highest BCUT2D eigenvalue weighted by atomic mass is 79.9. The van der Waals surface area contributed by atoms with E-state index in [4.69, 9.17) is 9.47 Å². The van der Waals surface area contributed by atoms with Crippen LogP contribution in [-0.2, 0) is 19.7 Å². The van der Waals surface area contributed by atoms with Crippen LogP contribution < -0.4 is 14.8 Å². The van der Waals surface area contributed by atoms with Gasteiger partial charge in [-0.3, -0.25) is 0 Å². The third-order valence-electron chi connectivity index (χ3n) is 4.12. The summed E-state index contributed by atoms with van der Waals surface area (Å²) in [7, 11) is 0. The van der Waals surface area contributed by atoms with E-state index in [0.29, 0.717) is 43.8 Å². The second-order valence-electron chi connectivity index (χ2n) is 6.44. The Morgan fingerprint density at radius 1 is 1.21 bits per heavy atom. The van der Waals surface area contributed by atoms with E-state index in [1.54, 1.807) is 10.8 Å². The highest BCUT2D eigenvalue weighted by Crippen LogP contribution is 2.37. The number of allylic oxidation sites excluding steroid dienone is 1. The molecule has 0 bridgehead atoms. The van der Waals surface area contributed by atoms with Crippen molar-refractivity contribution in [3.05, 3.63) is 70.2 Å². The lowest BCUT2D eigenvalue weighted by atomic mass is 10.1. The van der Waals surface area contributed by atoms with E-state index < -0.39 is 0 Å². The van der Waals surface area contributed by atoms with Gasteiger partial charge in [-0.25, -0.2) is 4.68 Å². The fraction of sp³-hybridized carbons (Fsp3) is 0.286. The van der Waals surface area contributed by atoms with Gasteiger partial charge in [0.2, 0.25) is 5.95 Å². The normalized spacial score (nSPS) is 10.6. The zero-order valence-corrected chi connectivity index (χ0v) is 18.1. The largest absolute Gasteiger partial charge is 0.490 e. The number of rotatable bonds is 10. The van der Waals surface area contributed by atoms with Crippen LogP contribution in [0.2, 0.25) is 0 Å². The van der Waals surface area contributed by atoms with Gasteiger partial charge in [0.25, 0.3) is 0 Å². The monoisotopic (exact) mass is 457 g/mol. The fourth-order valence-electron chi connectivity index (χ4n) is 2.84. The van der Waals surface area contributed by atoms with Crippen molar-refractivity contribution in [1.82, 2.24) is 20.2 Å². The van der Waals surface area contributed by atoms with Crippen LogP contribution in [0.25, 0.3) is 0 Å². The molecule has 7 nitrogen and oxygen atoms in total. The maximum Gasteiger partial charge on any atom is 0.243 e. The van der Waals surface area contributed by atoms with Crippen LogP contribution >= 0.6 is 15.9 Å². The second kappa shape index (κ2) is 10.1. The Morgan fingerprint density at radius 3 is 2.83 bits per heavy atom. The molecule has 0 saturated carbocycles. The molecule has 0 aliphatic heterocycles. The second-order valence-corrected chi connectivity index (χ2v) is 7.30. The number of hydrogen-bond acceptors (Lipinski definition) is 6. The summed E-state index contributed by atoms with van der Waals surface area (Å²) in [5, 5.41) is 14.8. The van der Waals surface area contributed by atoms with Crippen molar-refractivity contribution in [2.75, 3.05) is 11.9 Å². The number of benzene rings is 2. The van der Waals surface area contributed by atoms with Crippen LogP contribution in [0.3, 0.4) is 0 Å². The molecule has 0 saturated heterocycles. The first-order valence-electron chi connectivity index (χ1n) is 9.35. The Morgan fingerprint density at radius 2 is 2.07 bits per heavy atom. The van der Waals surface area contributed by atoms with Crippen molar-refractivity contribution < 1.29 is 9.47 Å². The molecule has 2 aromatic carbocycles. The molecular formula is C21H24BrN5O2. The lowest BCUT2D eigenvalue weighted by Gasteiger charge is -2.16. The van der Waals surface area contributed by atoms with E-state index >= 15 is 0 Å². The lowest BCUT2D eigenvalue weighted by Crippen LogP contribution is -2.09. The number of hydrogen-bond donors (Lipinski definition) is 1. The van der Waals surface area contributed by atoms with Crippen molar-refractivity contribution in [2.45, 2.75) is 33.5 Å². The standard InChI is InChI=1S/C21H24BrN5O2/c1-4-9-27-21(24-25-26-27)23-13-17-11-18(22)20(19(12-17)28-5-2)29-14-16-8-6-7-15(3)10-16/h4,6-8,10-12H,1,5,9,13-14H2,2-3H3,(H,23,24,26). The summed E-state index contributed by atoms with van der Waals surface area (Å²) in [4.78, 5) is 0. The molecule has 1 N–H and O–H groups in total. The number of halogens is 1. The molecule has 152 valence electrons. The molecule has 0 unspecified atom stereocenters. The molecule has 0 spiro atoms. The maximum atomic E-state index is 6.08. The topological polar surface area (TPSA) is 74.1 Å². The minimum Gasteiger partial charge on any atom is -0.490 e. The number of ether oxygens (including phenoxy) is 2. The van der Waals surface area contributed by atoms with Gasteiger partial charge in [-0.05, 0) is 63.5 Å². The first-order valence-corrected chi connectivity index (χ1v) is 10.1. The number of nitrogens with one attached hydrogen (secondary N) is 1. The first-order chi connectivity index (χ1) is 14.1. The lowest BCUT2D eigenvalue weighted by molar-refractivity contribution is 0.267. The van der Waals surface area contributed by atoms with Crippen LogP contribution in [0.1, 0.15) is 23.6 Å². The van der Waals surface area contributed by atoms with Gasteiger partial charge in [0.05, 0.1) is 17.6 Å². The molecule has 0 radical (unpaired) electrons. The zero-order chi connectivity index (χ0) is 20.6. The van der Waals surface area contributed by atoms with E-state index in [1.807, 2.05) is 31.2 Å². The highest BCUT2D eigenvalue weighted by molar-refractivity contribution is 9.10. The molecule has 1 aromatic heterocycles. The van der Waals surface area contributed by atoms with E-state index in [-0.39, 0.29) is 0 Å². The summed E-state index contributed by atoms with van der Waals surface area (Å²) in [6, 6.07) is 12.2. The third kappa shape index (κ3) is 5.57. The smallest absolute Gasteiger partial charge is 0.243 e. The van der Waals surface area contributed by atoms with Gasteiger partial charge in [0.15, 0.2) is 11.5 Å². The number of tetrazole rings is 1. The number of anilines is 1. The molecular weight excluding hydrogens is 434 g/mol. The van der Waals surface area contributed by atoms with Crippen molar-refractivity contribution in [2.24, 2.45) is 0 Å². The third-order valence-corrected chi connectivity index (χ3v) is 4.71. The maximum absolute atomic E-state index is 6.08. The van der Waals surface area contributed by atoms with Gasteiger partial charge in [-0.2, -0.15) is 0 Å². The molecule has 0 atom stereocenters. The Balaban J connectivity index is 1.74. The average molecular weight is 458 g/mol. The van der Waals surface area contributed by atoms with Crippen LogP contribution in [0.4, 0.5) is 5.95 Å². The van der Waals surface area contributed by atoms with Gasteiger partial charge in [0, 0.05) is 6.54 Å². The zero-order valence-electron chi connectivity index (χ0n) is 16.6. The van der Waals surface area contributed by atoms with Gasteiger partial charge >= 0.3 is 0 Å². The predicted octanol–water partition coefficient (Wildman–Crippen LogP) is 4.52. The number of aryl methyl sites for hydroxylation is 1. The summed E-state index contributed by atoms with van der Waals surface area (Å²) < 4.78 is 14.4. The van der Waals surface area contributed by atoms with Gasteiger partial charge in [-0.15, -0.1) is 6.58 Å². The highest BCUT2D eigenvalue weighted by Gasteiger charge is 2.13. The summed E-state index contributed by atoms with van der Waals surface area (Å²) in [5.74, 6) is 1.96.